The number of carbonyl (C=O) groups is 3. The molecular weight excluding hydrogens is 378 g/mol. The van der Waals surface area contributed by atoms with Gasteiger partial charge in [-0.2, -0.15) is 0 Å². The molecule has 1 aromatic heterocycles. The number of nitrogens with one attached hydrogen (secondary N) is 1. The van der Waals surface area contributed by atoms with Crippen LogP contribution in [-0.4, -0.2) is 33.7 Å². The molecule has 0 radical (unpaired) electrons. The van der Waals surface area contributed by atoms with Crippen molar-refractivity contribution >= 4 is 29.3 Å². The first kappa shape index (κ1) is 20.1. The Morgan fingerprint density at radius 3 is 2.43 bits per heavy atom. The summed E-state index contributed by atoms with van der Waals surface area (Å²) in [4.78, 5) is 39.4. The van der Waals surface area contributed by atoms with Crippen LogP contribution in [0.3, 0.4) is 0 Å². The number of hydrogen-bond acceptors (Lipinski definition) is 3. The average Bonchev–Trinajstić information content (AvgIpc) is 3.03. The molecule has 1 unspecified atom stereocenters. The van der Waals surface area contributed by atoms with Crippen molar-refractivity contribution in [3.05, 3.63) is 57.9 Å². The van der Waals surface area contributed by atoms with Gasteiger partial charge >= 0.3 is 6.03 Å². The van der Waals surface area contributed by atoms with E-state index >= 15 is 0 Å². The number of carbonyl (C=O) groups excluding carboxylic acids is 3. The number of amides is 3. The minimum Gasteiger partial charge on any atom is -0.346 e. The zero-order valence-corrected chi connectivity index (χ0v) is 17.4. The van der Waals surface area contributed by atoms with Crippen LogP contribution in [-0.2, 0) is 10.3 Å². The quantitative estimate of drug-likeness (QED) is 0.608. The summed E-state index contributed by atoms with van der Waals surface area (Å²) >= 11 is 6.24. The van der Waals surface area contributed by atoms with Crippen molar-refractivity contribution in [2.75, 3.05) is 6.54 Å². The number of benzene rings is 1. The lowest BCUT2D eigenvalue weighted by Gasteiger charge is -2.23. The van der Waals surface area contributed by atoms with Crippen molar-refractivity contribution in [2.24, 2.45) is 0 Å². The fourth-order valence-corrected chi connectivity index (χ4v) is 4.30. The van der Waals surface area contributed by atoms with E-state index in [9.17, 15) is 14.4 Å². The third kappa shape index (κ3) is 3.11. The largest absolute Gasteiger partial charge is 0.346 e. The zero-order chi connectivity index (χ0) is 20.8. The second-order valence-corrected chi connectivity index (χ2v) is 8.01. The van der Waals surface area contributed by atoms with Gasteiger partial charge in [0.05, 0.1) is 6.54 Å². The second kappa shape index (κ2) is 7.09. The van der Waals surface area contributed by atoms with Gasteiger partial charge < -0.3 is 9.88 Å². The van der Waals surface area contributed by atoms with Crippen molar-refractivity contribution in [3.63, 3.8) is 0 Å². The Hall–Kier alpha value is -2.60. The lowest BCUT2D eigenvalue weighted by atomic mass is 9.92. The van der Waals surface area contributed by atoms with Crippen molar-refractivity contribution in [1.82, 2.24) is 14.8 Å². The van der Waals surface area contributed by atoms with Crippen molar-refractivity contribution in [2.45, 2.75) is 46.2 Å². The van der Waals surface area contributed by atoms with Gasteiger partial charge in [-0.25, -0.2) is 4.79 Å². The number of halogens is 1. The SMILES string of the molecule is Cc1cc(C(=O)CN2C(=O)NC(C)(c3ccccc3Cl)C2=O)c(C)n1C(C)C. The predicted molar refractivity (Wildman–Crippen MR) is 108 cm³/mol. The highest BCUT2D eigenvalue weighted by Gasteiger charge is 2.50. The molecule has 0 aliphatic carbocycles. The van der Waals surface area contributed by atoms with E-state index in [1.54, 1.807) is 31.2 Å². The number of aromatic nitrogens is 1. The van der Waals surface area contributed by atoms with E-state index in [0.717, 1.165) is 16.3 Å². The van der Waals surface area contributed by atoms with Crippen LogP contribution in [0.4, 0.5) is 4.79 Å². The number of imide groups is 1. The van der Waals surface area contributed by atoms with E-state index in [2.05, 4.69) is 9.88 Å². The van der Waals surface area contributed by atoms with Crippen LogP contribution in [0.25, 0.3) is 0 Å². The van der Waals surface area contributed by atoms with Crippen LogP contribution in [0.1, 0.15) is 54.1 Å². The minimum absolute atomic E-state index is 0.210. The molecule has 148 valence electrons. The minimum atomic E-state index is -1.30. The van der Waals surface area contributed by atoms with Crippen LogP contribution in [0.2, 0.25) is 5.02 Å². The summed E-state index contributed by atoms with van der Waals surface area (Å²) in [6, 6.07) is 8.28. The molecule has 1 saturated heterocycles. The van der Waals surface area contributed by atoms with E-state index < -0.39 is 17.5 Å². The molecule has 2 aromatic rings. The number of urea groups is 1. The first-order valence-corrected chi connectivity index (χ1v) is 9.56. The summed E-state index contributed by atoms with van der Waals surface area (Å²) < 4.78 is 2.06. The number of Topliss-reactive ketones (excluding diaryl/α,β-unsaturated/α-hetero) is 1. The van der Waals surface area contributed by atoms with E-state index in [-0.39, 0.29) is 18.4 Å². The number of nitrogens with zero attached hydrogens (tertiary/aromatic N) is 2. The molecule has 0 saturated carbocycles. The molecule has 1 N–H and O–H groups in total. The van der Waals surface area contributed by atoms with Crippen molar-refractivity contribution in [1.29, 1.82) is 0 Å². The first-order chi connectivity index (χ1) is 13.1. The van der Waals surface area contributed by atoms with Gasteiger partial charge in [0.2, 0.25) is 0 Å². The molecule has 3 rings (SSSR count). The highest BCUT2D eigenvalue weighted by Crippen LogP contribution is 2.33. The second-order valence-electron chi connectivity index (χ2n) is 7.60. The molecule has 0 spiro atoms. The average molecular weight is 402 g/mol. The Morgan fingerprint density at radius 1 is 1.21 bits per heavy atom. The number of rotatable bonds is 5. The summed E-state index contributed by atoms with van der Waals surface area (Å²) in [7, 11) is 0. The summed E-state index contributed by atoms with van der Waals surface area (Å²) in [5.74, 6) is -0.761. The fraction of sp³-hybridized carbons (Fsp3) is 0.381. The Morgan fingerprint density at radius 2 is 1.86 bits per heavy atom. The van der Waals surface area contributed by atoms with Gasteiger partial charge in [0, 0.05) is 33.6 Å². The monoisotopic (exact) mass is 401 g/mol. The highest BCUT2D eigenvalue weighted by molar-refractivity contribution is 6.32. The molecule has 1 aromatic carbocycles. The van der Waals surface area contributed by atoms with Crippen LogP contribution in [0.5, 0.6) is 0 Å². The molecule has 28 heavy (non-hydrogen) atoms. The Bertz CT molecular complexity index is 979. The molecule has 1 aliphatic heterocycles. The van der Waals surface area contributed by atoms with Crippen LogP contribution < -0.4 is 5.32 Å². The van der Waals surface area contributed by atoms with Gasteiger partial charge in [0.15, 0.2) is 5.78 Å². The molecule has 0 bridgehead atoms. The molecular formula is C21H24ClN3O3. The van der Waals surface area contributed by atoms with Gasteiger partial charge in [-0.15, -0.1) is 0 Å². The predicted octanol–water partition coefficient (Wildman–Crippen LogP) is 3.99. The normalized spacial score (nSPS) is 19.5. The zero-order valence-electron chi connectivity index (χ0n) is 16.7. The molecule has 1 fully saturated rings. The van der Waals surface area contributed by atoms with Crippen LogP contribution >= 0.6 is 11.6 Å². The summed E-state index contributed by atoms with van der Waals surface area (Å²) in [6.07, 6.45) is 0. The first-order valence-electron chi connectivity index (χ1n) is 9.18. The lowest BCUT2D eigenvalue weighted by Crippen LogP contribution is -2.41. The maximum atomic E-state index is 13.0. The fourth-order valence-electron chi connectivity index (χ4n) is 3.97. The summed E-state index contributed by atoms with van der Waals surface area (Å²) in [5.41, 5.74) is 1.53. The van der Waals surface area contributed by atoms with Crippen LogP contribution in [0.15, 0.2) is 30.3 Å². The van der Waals surface area contributed by atoms with Gasteiger partial charge in [-0.05, 0) is 46.8 Å². The third-order valence-electron chi connectivity index (χ3n) is 5.29. The lowest BCUT2D eigenvalue weighted by molar-refractivity contribution is -0.130. The number of aryl methyl sites for hydroxylation is 1. The molecule has 6 nitrogen and oxygen atoms in total. The van der Waals surface area contributed by atoms with Gasteiger partial charge in [-0.3, -0.25) is 14.5 Å². The van der Waals surface area contributed by atoms with E-state index in [4.69, 9.17) is 11.6 Å². The van der Waals surface area contributed by atoms with Gasteiger partial charge in [0.25, 0.3) is 5.91 Å². The molecule has 1 aliphatic rings. The topological polar surface area (TPSA) is 71.4 Å². The Balaban J connectivity index is 1.89. The van der Waals surface area contributed by atoms with E-state index in [0.29, 0.717) is 16.1 Å². The van der Waals surface area contributed by atoms with Crippen LogP contribution in [0, 0.1) is 13.8 Å². The van der Waals surface area contributed by atoms with E-state index in [1.807, 2.05) is 33.8 Å². The summed E-state index contributed by atoms with van der Waals surface area (Å²) in [5, 5.41) is 3.07. The van der Waals surface area contributed by atoms with Gasteiger partial charge in [0.1, 0.15) is 5.54 Å². The standard InChI is InChI=1S/C21H24ClN3O3/c1-12(2)25-13(3)10-15(14(25)4)18(26)11-24-19(27)21(5,23-20(24)28)16-8-6-7-9-17(16)22/h6-10,12H,11H2,1-5H3,(H,23,28). The Kier molecular flexibility index (Phi) is 5.10. The molecule has 1 atom stereocenters. The molecule has 2 heterocycles. The smallest absolute Gasteiger partial charge is 0.325 e. The van der Waals surface area contributed by atoms with Gasteiger partial charge in [-0.1, -0.05) is 29.8 Å². The maximum absolute atomic E-state index is 13.0. The Labute approximate surface area is 169 Å². The van der Waals surface area contributed by atoms with E-state index in [1.165, 1.54) is 0 Å². The molecule has 3 amide bonds. The highest BCUT2D eigenvalue weighted by atomic mass is 35.5. The van der Waals surface area contributed by atoms with Crippen molar-refractivity contribution < 1.29 is 14.4 Å². The molecule has 7 heteroatoms. The maximum Gasteiger partial charge on any atom is 0.325 e. The number of ketones is 1. The summed E-state index contributed by atoms with van der Waals surface area (Å²) in [6.45, 7) is 9.18. The third-order valence-corrected chi connectivity index (χ3v) is 5.62. The number of hydrogen-bond donors (Lipinski definition) is 1. The van der Waals surface area contributed by atoms with Crippen molar-refractivity contribution in [3.8, 4) is 0 Å².